The number of thiazole rings is 1. The molecule has 0 aliphatic rings. The average molecular weight is 394 g/mol. The molecule has 0 N–H and O–H groups in total. The summed E-state index contributed by atoms with van der Waals surface area (Å²) in [6, 6.07) is 10.9. The standard InChI is InChI=1S/C24H31N3S/c1-17(2)12-21-6-5-7-22(27-21)14-18(3)13-20-8-9-25-23(16-20)15-19(4)24-26-10-11-28-24/h5-11,16-19H,12-15H2,1-4H3. The molecule has 0 spiro atoms. The van der Waals surface area contributed by atoms with Crippen LogP contribution in [-0.2, 0) is 25.7 Å². The predicted octanol–water partition coefficient (Wildman–Crippen LogP) is 5.90. The lowest BCUT2D eigenvalue weighted by Crippen LogP contribution is -2.08. The third kappa shape index (κ3) is 6.23. The molecule has 4 heteroatoms. The molecule has 0 fully saturated rings. The van der Waals surface area contributed by atoms with Gasteiger partial charge in [-0.2, -0.15) is 0 Å². The Bertz CT molecular complexity index is 858. The highest BCUT2D eigenvalue weighted by atomic mass is 32.1. The average Bonchev–Trinajstić information content (AvgIpc) is 3.16. The molecule has 3 aromatic rings. The van der Waals surface area contributed by atoms with Gasteiger partial charge < -0.3 is 0 Å². The third-order valence-corrected chi connectivity index (χ3v) is 5.90. The molecule has 0 radical (unpaired) electrons. The van der Waals surface area contributed by atoms with E-state index in [9.17, 15) is 0 Å². The first-order chi connectivity index (χ1) is 13.5. The fourth-order valence-corrected chi connectivity index (χ4v) is 4.35. The van der Waals surface area contributed by atoms with Gasteiger partial charge in [0.15, 0.2) is 0 Å². The SMILES string of the molecule is CC(C)Cc1cccc(CC(C)Cc2ccnc(CC(C)c3nccs3)c2)n1. The van der Waals surface area contributed by atoms with Crippen LogP contribution in [0.2, 0.25) is 0 Å². The maximum atomic E-state index is 4.86. The van der Waals surface area contributed by atoms with Gasteiger partial charge in [-0.15, -0.1) is 11.3 Å². The molecule has 28 heavy (non-hydrogen) atoms. The lowest BCUT2D eigenvalue weighted by atomic mass is 9.95. The number of hydrogen-bond acceptors (Lipinski definition) is 4. The Morgan fingerprint density at radius 1 is 0.821 bits per heavy atom. The first-order valence-electron chi connectivity index (χ1n) is 10.3. The van der Waals surface area contributed by atoms with Crippen LogP contribution in [0.25, 0.3) is 0 Å². The molecule has 3 nitrogen and oxygen atoms in total. The zero-order valence-electron chi connectivity index (χ0n) is 17.4. The molecule has 3 aromatic heterocycles. The summed E-state index contributed by atoms with van der Waals surface area (Å²) in [5.74, 6) is 1.60. The van der Waals surface area contributed by atoms with Gasteiger partial charge in [0.2, 0.25) is 0 Å². The molecule has 148 valence electrons. The molecule has 0 aliphatic heterocycles. The van der Waals surface area contributed by atoms with Crippen molar-refractivity contribution in [3.05, 3.63) is 75.8 Å². The molecule has 3 rings (SSSR count). The van der Waals surface area contributed by atoms with Crippen molar-refractivity contribution in [2.75, 3.05) is 0 Å². The van der Waals surface area contributed by atoms with Gasteiger partial charge >= 0.3 is 0 Å². The summed E-state index contributed by atoms with van der Waals surface area (Å²) < 4.78 is 0. The van der Waals surface area contributed by atoms with Crippen LogP contribution >= 0.6 is 11.3 Å². The fraction of sp³-hybridized carbons (Fsp3) is 0.458. The molecule has 0 amide bonds. The molecule has 3 heterocycles. The Morgan fingerprint density at radius 2 is 1.61 bits per heavy atom. The van der Waals surface area contributed by atoms with Crippen LogP contribution in [-0.4, -0.2) is 15.0 Å². The molecular formula is C24H31N3S. The van der Waals surface area contributed by atoms with Crippen LogP contribution in [0.15, 0.2) is 48.1 Å². The largest absolute Gasteiger partial charge is 0.261 e. The molecular weight excluding hydrogens is 362 g/mol. The lowest BCUT2D eigenvalue weighted by Gasteiger charge is -2.14. The van der Waals surface area contributed by atoms with Crippen LogP contribution in [0.3, 0.4) is 0 Å². The fourth-order valence-electron chi connectivity index (χ4n) is 3.65. The number of pyridine rings is 2. The summed E-state index contributed by atoms with van der Waals surface area (Å²) >= 11 is 1.73. The van der Waals surface area contributed by atoms with Crippen molar-refractivity contribution < 1.29 is 0 Å². The number of aromatic nitrogens is 3. The summed E-state index contributed by atoms with van der Waals surface area (Å²) in [6.07, 6.45) is 7.89. The topological polar surface area (TPSA) is 38.7 Å². The smallest absolute Gasteiger partial charge is 0.0956 e. The molecule has 0 saturated heterocycles. The van der Waals surface area contributed by atoms with Crippen LogP contribution in [0.4, 0.5) is 0 Å². The summed E-state index contributed by atoms with van der Waals surface area (Å²) in [5.41, 5.74) is 4.94. The maximum absolute atomic E-state index is 4.86. The number of hydrogen-bond donors (Lipinski definition) is 0. The maximum Gasteiger partial charge on any atom is 0.0956 e. The van der Waals surface area contributed by atoms with Crippen molar-refractivity contribution >= 4 is 11.3 Å². The highest BCUT2D eigenvalue weighted by molar-refractivity contribution is 7.09. The highest BCUT2D eigenvalue weighted by Crippen LogP contribution is 2.22. The van der Waals surface area contributed by atoms with Gasteiger partial charge in [0.05, 0.1) is 5.01 Å². The lowest BCUT2D eigenvalue weighted by molar-refractivity contribution is 0.563. The Hall–Kier alpha value is -2.07. The van der Waals surface area contributed by atoms with Crippen molar-refractivity contribution in [2.24, 2.45) is 11.8 Å². The van der Waals surface area contributed by atoms with E-state index in [1.807, 2.05) is 17.8 Å². The van der Waals surface area contributed by atoms with Gasteiger partial charge in [0.1, 0.15) is 0 Å². The van der Waals surface area contributed by atoms with E-state index in [-0.39, 0.29) is 0 Å². The van der Waals surface area contributed by atoms with Crippen molar-refractivity contribution in [2.45, 2.75) is 59.3 Å². The first kappa shape index (κ1) is 20.7. The minimum atomic E-state index is 0.410. The number of rotatable bonds is 9. The van der Waals surface area contributed by atoms with Crippen molar-refractivity contribution in [1.82, 2.24) is 15.0 Å². The molecule has 0 aromatic carbocycles. The van der Waals surface area contributed by atoms with Gasteiger partial charge in [-0.05, 0) is 67.3 Å². The van der Waals surface area contributed by atoms with E-state index in [0.29, 0.717) is 17.8 Å². The number of nitrogens with zero attached hydrogens (tertiary/aromatic N) is 3. The molecule has 2 atom stereocenters. The Balaban J connectivity index is 1.59. The molecule has 0 bridgehead atoms. The highest BCUT2D eigenvalue weighted by Gasteiger charge is 2.12. The molecule has 0 saturated carbocycles. The van der Waals surface area contributed by atoms with E-state index >= 15 is 0 Å². The summed E-state index contributed by atoms with van der Waals surface area (Å²) in [5, 5.41) is 3.23. The third-order valence-electron chi connectivity index (χ3n) is 4.89. The van der Waals surface area contributed by atoms with Crippen molar-refractivity contribution in [3.8, 4) is 0 Å². The van der Waals surface area contributed by atoms with Crippen LogP contribution in [0.5, 0.6) is 0 Å². The van der Waals surface area contributed by atoms with Crippen LogP contribution in [0, 0.1) is 11.8 Å². The normalized spacial score (nSPS) is 13.6. The van der Waals surface area contributed by atoms with E-state index in [4.69, 9.17) is 4.98 Å². The van der Waals surface area contributed by atoms with Gasteiger partial charge in [0.25, 0.3) is 0 Å². The Kier molecular flexibility index (Phi) is 7.32. The van der Waals surface area contributed by atoms with E-state index in [1.165, 1.54) is 22.0 Å². The summed E-state index contributed by atoms with van der Waals surface area (Å²) in [7, 11) is 0. The summed E-state index contributed by atoms with van der Waals surface area (Å²) in [6.45, 7) is 9.03. The van der Waals surface area contributed by atoms with Gasteiger partial charge in [-0.3, -0.25) is 9.97 Å². The minimum Gasteiger partial charge on any atom is -0.261 e. The zero-order valence-corrected chi connectivity index (χ0v) is 18.2. The monoisotopic (exact) mass is 393 g/mol. The second kappa shape index (κ2) is 9.92. The van der Waals surface area contributed by atoms with Crippen molar-refractivity contribution in [3.63, 3.8) is 0 Å². The van der Waals surface area contributed by atoms with Crippen LogP contribution < -0.4 is 0 Å². The summed E-state index contributed by atoms with van der Waals surface area (Å²) in [4.78, 5) is 13.9. The molecule has 0 aliphatic carbocycles. The van der Waals surface area contributed by atoms with Gasteiger partial charge in [0, 0.05) is 40.8 Å². The van der Waals surface area contributed by atoms with E-state index in [2.05, 4.69) is 68.0 Å². The predicted molar refractivity (Wildman–Crippen MR) is 118 cm³/mol. The zero-order chi connectivity index (χ0) is 19.9. The Morgan fingerprint density at radius 3 is 2.32 bits per heavy atom. The second-order valence-corrected chi connectivity index (χ2v) is 9.29. The first-order valence-corrected chi connectivity index (χ1v) is 11.2. The quantitative estimate of drug-likeness (QED) is 0.454. The van der Waals surface area contributed by atoms with E-state index < -0.39 is 0 Å². The molecule has 2 unspecified atom stereocenters. The minimum absolute atomic E-state index is 0.410. The van der Waals surface area contributed by atoms with Crippen molar-refractivity contribution in [1.29, 1.82) is 0 Å². The second-order valence-electron chi connectivity index (χ2n) is 8.36. The van der Waals surface area contributed by atoms with E-state index in [0.717, 1.165) is 31.4 Å². The Labute approximate surface area is 173 Å². The van der Waals surface area contributed by atoms with Gasteiger partial charge in [-0.25, -0.2) is 4.98 Å². The van der Waals surface area contributed by atoms with Gasteiger partial charge in [-0.1, -0.05) is 33.8 Å². The van der Waals surface area contributed by atoms with Crippen LogP contribution in [0.1, 0.15) is 61.3 Å². The van der Waals surface area contributed by atoms with E-state index in [1.54, 1.807) is 11.3 Å².